The molecule has 116 valence electrons. The molecule has 2 heterocycles. The lowest BCUT2D eigenvalue weighted by atomic mass is 10.2. The number of anilines is 1. The van der Waals surface area contributed by atoms with Gasteiger partial charge in [-0.15, -0.1) is 0 Å². The van der Waals surface area contributed by atoms with Crippen LogP contribution >= 0.6 is 0 Å². The maximum atomic E-state index is 13.3. The van der Waals surface area contributed by atoms with Gasteiger partial charge in [0, 0.05) is 19.5 Å². The Bertz CT molecular complexity index is 693. The molecule has 1 aliphatic carbocycles. The van der Waals surface area contributed by atoms with Gasteiger partial charge in [-0.05, 0) is 19.3 Å². The minimum absolute atomic E-state index is 0.0897. The zero-order valence-electron chi connectivity index (χ0n) is 12.8. The van der Waals surface area contributed by atoms with Crippen molar-refractivity contribution in [1.82, 2.24) is 14.8 Å². The number of hydrogen-bond acceptors (Lipinski definition) is 3. The van der Waals surface area contributed by atoms with Crippen LogP contribution in [0, 0.1) is 18.7 Å². The molecule has 5 nitrogen and oxygen atoms in total. The van der Waals surface area contributed by atoms with Gasteiger partial charge in [0.05, 0.1) is 35.7 Å². The monoisotopic (exact) mass is 302 g/mol. The highest BCUT2D eigenvalue weighted by atomic mass is 19.1. The Balaban J connectivity index is 1.77. The highest BCUT2D eigenvalue weighted by Gasteiger charge is 2.24. The Morgan fingerprint density at radius 1 is 1.45 bits per heavy atom. The summed E-state index contributed by atoms with van der Waals surface area (Å²) in [6.45, 7) is 1.84. The van der Waals surface area contributed by atoms with Crippen LogP contribution in [0.3, 0.4) is 0 Å². The smallest absolute Gasteiger partial charge is 0.226 e. The third-order valence-electron chi connectivity index (χ3n) is 4.03. The van der Waals surface area contributed by atoms with Gasteiger partial charge in [0.15, 0.2) is 0 Å². The molecule has 3 rings (SSSR count). The van der Waals surface area contributed by atoms with E-state index in [9.17, 15) is 9.18 Å². The molecular formula is C16H19FN4O. The molecule has 0 radical (unpaired) electrons. The Morgan fingerprint density at radius 2 is 2.23 bits per heavy atom. The van der Waals surface area contributed by atoms with Crippen LogP contribution in [0.2, 0.25) is 0 Å². The molecule has 0 aromatic carbocycles. The Hall–Kier alpha value is -2.24. The van der Waals surface area contributed by atoms with Crippen molar-refractivity contribution in [3.8, 4) is 5.69 Å². The fourth-order valence-corrected chi connectivity index (χ4v) is 2.47. The number of carbonyl (C=O) groups excluding carboxylic acids is 1. The number of nitrogens with zero attached hydrogens (tertiary/aromatic N) is 4. The van der Waals surface area contributed by atoms with Crippen LogP contribution in [0.1, 0.15) is 31.4 Å². The van der Waals surface area contributed by atoms with E-state index < -0.39 is 5.82 Å². The lowest BCUT2D eigenvalue weighted by Crippen LogP contribution is -2.26. The maximum absolute atomic E-state index is 13.3. The zero-order chi connectivity index (χ0) is 15.7. The van der Waals surface area contributed by atoms with E-state index in [4.69, 9.17) is 0 Å². The van der Waals surface area contributed by atoms with Crippen LogP contribution in [-0.2, 0) is 4.79 Å². The van der Waals surface area contributed by atoms with Crippen molar-refractivity contribution in [1.29, 1.82) is 0 Å². The van der Waals surface area contributed by atoms with Crippen molar-refractivity contribution in [3.63, 3.8) is 0 Å². The predicted molar refractivity (Wildman–Crippen MR) is 81.4 cm³/mol. The fraction of sp³-hybridized carbons (Fsp3) is 0.438. The second-order valence-corrected chi connectivity index (χ2v) is 5.84. The van der Waals surface area contributed by atoms with Gasteiger partial charge in [-0.25, -0.2) is 9.07 Å². The van der Waals surface area contributed by atoms with Crippen molar-refractivity contribution < 1.29 is 9.18 Å². The van der Waals surface area contributed by atoms with E-state index in [2.05, 4.69) is 10.1 Å². The van der Waals surface area contributed by atoms with Crippen LogP contribution in [-0.4, -0.2) is 27.7 Å². The van der Waals surface area contributed by atoms with Gasteiger partial charge >= 0.3 is 0 Å². The Morgan fingerprint density at radius 3 is 2.91 bits per heavy atom. The minimum Gasteiger partial charge on any atom is -0.312 e. The molecular weight excluding hydrogens is 283 g/mol. The summed E-state index contributed by atoms with van der Waals surface area (Å²) in [6.07, 6.45) is 8.45. The summed E-state index contributed by atoms with van der Waals surface area (Å²) in [6, 6.07) is 1.36. The normalized spacial score (nSPS) is 14.1. The van der Waals surface area contributed by atoms with E-state index >= 15 is 0 Å². The first-order valence-corrected chi connectivity index (χ1v) is 7.48. The largest absolute Gasteiger partial charge is 0.312 e. The molecule has 0 atom stereocenters. The van der Waals surface area contributed by atoms with E-state index in [1.165, 1.54) is 25.1 Å². The minimum atomic E-state index is -0.416. The topological polar surface area (TPSA) is 51.0 Å². The molecule has 1 amide bonds. The molecule has 0 N–H and O–H groups in total. The fourth-order valence-electron chi connectivity index (χ4n) is 2.47. The van der Waals surface area contributed by atoms with Crippen LogP contribution in [0.5, 0.6) is 0 Å². The number of amides is 1. The summed E-state index contributed by atoms with van der Waals surface area (Å²) in [5.41, 5.74) is 2.00. The third-order valence-corrected chi connectivity index (χ3v) is 4.03. The Labute approximate surface area is 128 Å². The average molecular weight is 302 g/mol. The molecule has 2 aromatic heterocycles. The molecule has 1 aliphatic rings. The number of aryl methyl sites for hydroxylation is 1. The summed E-state index contributed by atoms with van der Waals surface area (Å²) >= 11 is 0. The standard InChI is InChI=1S/C16H19FN4O/c1-11-15(20(2)16(22)6-5-12-3-4-12)10-21(19-11)14-7-13(17)8-18-9-14/h7-10,12H,3-6H2,1-2H3. The second kappa shape index (κ2) is 5.87. The number of halogens is 1. The Kier molecular flexibility index (Phi) is 3.92. The molecule has 1 saturated carbocycles. The maximum Gasteiger partial charge on any atom is 0.226 e. The van der Waals surface area contributed by atoms with E-state index in [1.54, 1.807) is 22.8 Å². The van der Waals surface area contributed by atoms with Crippen LogP contribution in [0.25, 0.3) is 5.69 Å². The first-order chi connectivity index (χ1) is 10.5. The van der Waals surface area contributed by atoms with E-state index in [-0.39, 0.29) is 5.91 Å². The van der Waals surface area contributed by atoms with Crippen molar-refractivity contribution in [2.24, 2.45) is 5.92 Å². The summed E-state index contributed by atoms with van der Waals surface area (Å²) in [5, 5.41) is 4.35. The van der Waals surface area contributed by atoms with E-state index in [0.717, 1.165) is 29.9 Å². The van der Waals surface area contributed by atoms with Gasteiger partial charge in [0.2, 0.25) is 5.91 Å². The van der Waals surface area contributed by atoms with Crippen molar-refractivity contribution in [2.75, 3.05) is 11.9 Å². The lowest BCUT2D eigenvalue weighted by Gasteiger charge is -2.15. The molecule has 0 spiro atoms. The summed E-state index contributed by atoms with van der Waals surface area (Å²) in [4.78, 5) is 17.7. The quantitative estimate of drug-likeness (QED) is 0.853. The van der Waals surface area contributed by atoms with E-state index in [1.807, 2.05) is 6.92 Å². The van der Waals surface area contributed by atoms with Crippen LogP contribution in [0.15, 0.2) is 24.7 Å². The SMILES string of the molecule is Cc1nn(-c2cncc(F)c2)cc1N(C)C(=O)CCC1CC1. The summed E-state index contributed by atoms with van der Waals surface area (Å²) in [7, 11) is 1.76. The van der Waals surface area contributed by atoms with Gasteiger partial charge in [0.1, 0.15) is 5.82 Å². The highest BCUT2D eigenvalue weighted by Crippen LogP contribution is 2.34. The molecule has 2 aromatic rings. The number of hydrogen-bond donors (Lipinski definition) is 0. The highest BCUT2D eigenvalue weighted by molar-refractivity contribution is 5.93. The van der Waals surface area contributed by atoms with Gasteiger partial charge in [-0.3, -0.25) is 9.78 Å². The van der Waals surface area contributed by atoms with E-state index in [0.29, 0.717) is 12.1 Å². The summed E-state index contributed by atoms with van der Waals surface area (Å²) in [5.74, 6) is 0.410. The number of pyridine rings is 1. The predicted octanol–water partition coefficient (Wildman–Crippen LogP) is 2.87. The lowest BCUT2D eigenvalue weighted by molar-refractivity contribution is -0.118. The molecule has 0 aliphatic heterocycles. The van der Waals surface area contributed by atoms with Gasteiger partial charge in [-0.2, -0.15) is 5.10 Å². The molecule has 0 saturated heterocycles. The summed E-state index contributed by atoms with van der Waals surface area (Å²) < 4.78 is 14.8. The number of aromatic nitrogens is 3. The molecule has 22 heavy (non-hydrogen) atoms. The van der Waals surface area contributed by atoms with Crippen molar-refractivity contribution in [3.05, 3.63) is 36.2 Å². The van der Waals surface area contributed by atoms with Crippen molar-refractivity contribution >= 4 is 11.6 Å². The van der Waals surface area contributed by atoms with Gasteiger partial charge in [0.25, 0.3) is 0 Å². The molecule has 0 bridgehead atoms. The zero-order valence-corrected chi connectivity index (χ0v) is 12.8. The first kappa shape index (κ1) is 14.7. The number of carbonyl (C=O) groups is 1. The third kappa shape index (κ3) is 3.16. The van der Waals surface area contributed by atoms with Crippen LogP contribution in [0.4, 0.5) is 10.1 Å². The molecule has 1 fully saturated rings. The van der Waals surface area contributed by atoms with Crippen molar-refractivity contribution in [2.45, 2.75) is 32.6 Å². The second-order valence-electron chi connectivity index (χ2n) is 5.84. The average Bonchev–Trinajstić information content (AvgIpc) is 3.25. The molecule has 0 unspecified atom stereocenters. The van der Waals surface area contributed by atoms with Gasteiger partial charge in [-0.1, -0.05) is 12.8 Å². The van der Waals surface area contributed by atoms with Gasteiger partial charge < -0.3 is 4.90 Å². The number of rotatable bonds is 5. The first-order valence-electron chi connectivity index (χ1n) is 7.48. The van der Waals surface area contributed by atoms with Crippen LogP contribution < -0.4 is 4.90 Å². The molecule has 6 heteroatoms.